The Balaban J connectivity index is 2.16. The van der Waals surface area contributed by atoms with Gasteiger partial charge in [-0.15, -0.1) is 0 Å². The van der Waals surface area contributed by atoms with Crippen LogP contribution in [0.15, 0.2) is 24.3 Å². The molecule has 1 N–H and O–H groups in total. The maximum absolute atomic E-state index is 5.88. The highest BCUT2D eigenvalue weighted by atomic mass is 35.5. The van der Waals surface area contributed by atoms with E-state index in [1.165, 1.54) is 0 Å². The van der Waals surface area contributed by atoms with Crippen molar-refractivity contribution in [2.45, 2.75) is 19.3 Å². The molecule has 0 aliphatic carbocycles. The third-order valence-electron chi connectivity index (χ3n) is 2.11. The normalized spacial score (nSPS) is 27.8. The van der Waals surface area contributed by atoms with Crippen LogP contribution in [-0.4, -0.2) is 12.6 Å². The molecule has 3 heteroatoms. The first kappa shape index (κ1) is 9.00. The van der Waals surface area contributed by atoms with Gasteiger partial charge in [-0.3, -0.25) is 5.32 Å². The van der Waals surface area contributed by atoms with Crippen molar-refractivity contribution in [3.8, 4) is 0 Å². The monoisotopic (exact) mass is 197 g/mol. The van der Waals surface area contributed by atoms with Gasteiger partial charge in [-0.05, 0) is 24.6 Å². The zero-order chi connectivity index (χ0) is 9.26. The van der Waals surface area contributed by atoms with Crippen molar-refractivity contribution < 1.29 is 4.74 Å². The van der Waals surface area contributed by atoms with E-state index in [4.69, 9.17) is 16.3 Å². The van der Waals surface area contributed by atoms with Gasteiger partial charge in [0.05, 0.1) is 6.10 Å². The summed E-state index contributed by atoms with van der Waals surface area (Å²) in [6, 6.07) is 7.74. The molecule has 1 fully saturated rings. The van der Waals surface area contributed by atoms with Crippen LogP contribution in [0.3, 0.4) is 0 Å². The third-order valence-corrected chi connectivity index (χ3v) is 2.35. The third kappa shape index (κ3) is 2.02. The van der Waals surface area contributed by atoms with E-state index in [1.807, 2.05) is 24.3 Å². The van der Waals surface area contributed by atoms with Gasteiger partial charge in [-0.25, -0.2) is 0 Å². The zero-order valence-electron chi connectivity index (χ0n) is 7.46. The summed E-state index contributed by atoms with van der Waals surface area (Å²) >= 11 is 5.88. The molecule has 1 aromatic rings. The first-order valence-corrected chi connectivity index (χ1v) is 4.78. The fourth-order valence-corrected chi connectivity index (χ4v) is 1.67. The van der Waals surface area contributed by atoms with E-state index in [-0.39, 0.29) is 12.3 Å². The van der Waals surface area contributed by atoms with Crippen LogP contribution in [0, 0.1) is 0 Å². The van der Waals surface area contributed by atoms with Crippen molar-refractivity contribution in [3.05, 3.63) is 34.9 Å². The Kier molecular flexibility index (Phi) is 2.54. The topological polar surface area (TPSA) is 21.3 Å². The molecule has 1 aliphatic heterocycles. The first-order chi connectivity index (χ1) is 6.25. The van der Waals surface area contributed by atoms with E-state index in [2.05, 4.69) is 12.2 Å². The lowest BCUT2D eigenvalue weighted by molar-refractivity contribution is 0.0511. The van der Waals surface area contributed by atoms with Gasteiger partial charge in [0, 0.05) is 11.6 Å². The summed E-state index contributed by atoms with van der Waals surface area (Å²) in [4.78, 5) is 0. The lowest BCUT2D eigenvalue weighted by Crippen LogP contribution is -2.14. The minimum absolute atomic E-state index is 0.00806. The summed E-state index contributed by atoms with van der Waals surface area (Å²) < 4.78 is 5.63. The van der Waals surface area contributed by atoms with Crippen molar-refractivity contribution in [2.24, 2.45) is 0 Å². The van der Waals surface area contributed by atoms with Gasteiger partial charge in [-0.2, -0.15) is 0 Å². The highest BCUT2D eigenvalue weighted by Crippen LogP contribution is 2.23. The van der Waals surface area contributed by atoms with Crippen LogP contribution >= 0.6 is 11.6 Å². The van der Waals surface area contributed by atoms with Gasteiger partial charge in [0.15, 0.2) is 0 Å². The SMILES string of the molecule is CC1CNC(c2cccc(Cl)c2)O1. The van der Waals surface area contributed by atoms with Crippen LogP contribution in [0.5, 0.6) is 0 Å². The van der Waals surface area contributed by atoms with E-state index in [1.54, 1.807) is 0 Å². The largest absolute Gasteiger partial charge is 0.355 e. The molecule has 2 rings (SSSR count). The van der Waals surface area contributed by atoms with Crippen molar-refractivity contribution in [1.82, 2.24) is 5.32 Å². The molecule has 70 valence electrons. The van der Waals surface area contributed by atoms with E-state index in [0.29, 0.717) is 0 Å². The van der Waals surface area contributed by atoms with Crippen LogP contribution in [0.2, 0.25) is 5.02 Å². The van der Waals surface area contributed by atoms with Crippen LogP contribution in [0.4, 0.5) is 0 Å². The van der Waals surface area contributed by atoms with E-state index in [0.717, 1.165) is 17.1 Å². The molecule has 1 aliphatic rings. The summed E-state index contributed by atoms with van der Waals surface area (Å²) in [6.45, 7) is 2.95. The maximum atomic E-state index is 5.88. The number of hydrogen-bond acceptors (Lipinski definition) is 2. The summed E-state index contributed by atoms with van der Waals surface area (Å²) in [5, 5.41) is 4.02. The van der Waals surface area contributed by atoms with Crippen molar-refractivity contribution >= 4 is 11.6 Å². The molecule has 0 amide bonds. The fourth-order valence-electron chi connectivity index (χ4n) is 1.47. The average Bonchev–Trinajstić information content (AvgIpc) is 2.52. The minimum atomic E-state index is 0.00806. The van der Waals surface area contributed by atoms with Gasteiger partial charge in [0.1, 0.15) is 6.23 Å². The van der Waals surface area contributed by atoms with E-state index in [9.17, 15) is 0 Å². The van der Waals surface area contributed by atoms with Crippen LogP contribution in [-0.2, 0) is 4.74 Å². The molecule has 0 spiro atoms. The minimum Gasteiger partial charge on any atom is -0.355 e. The Morgan fingerprint density at radius 2 is 2.38 bits per heavy atom. The molecule has 2 unspecified atom stereocenters. The lowest BCUT2D eigenvalue weighted by atomic mass is 10.2. The number of halogens is 1. The smallest absolute Gasteiger partial charge is 0.134 e. The van der Waals surface area contributed by atoms with E-state index >= 15 is 0 Å². The molecule has 1 aromatic carbocycles. The Morgan fingerprint density at radius 1 is 1.54 bits per heavy atom. The van der Waals surface area contributed by atoms with Gasteiger partial charge in [0.2, 0.25) is 0 Å². The predicted octanol–water partition coefficient (Wildman–Crippen LogP) is 2.35. The molecule has 2 atom stereocenters. The number of ether oxygens (including phenoxy) is 1. The van der Waals surface area contributed by atoms with Crippen LogP contribution in [0.25, 0.3) is 0 Å². The summed E-state index contributed by atoms with van der Waals surface area (Å²) in [7, 11) is 0. The van der Waals surface area contributed by atoms with E-state index < -0.39 is 0 Å². The second kappa shape index (κ2) is 3.66. The summed E-state index contributed by atoms with van der Waals surface area (Å²) in [6.07, 6.45) is 0.290. The van der Waals surface area contributed by atoms with Crippen LogP contribution in [0.1, 0.15) is 18.7 Å². The quantitative estimate of drug-likeness (QED) is 0.746. The van der Waals surface area contributed by atoms with Gasteiger partial charge in [0.25, 0.3) is 0 Å². The maximum Gasteiger partial charge on any atom is 0.134 e. The number of hydrogen-bond donors (Lipinski definition) is 1. The Hall–Kier alpha value is -0.570. The summed E-state index contributed by atoms with van der Waals surface area (Å²) in [5.41, 5.74) is 1.09. The molecule has 1 heterocycles. The molecule has 1 saturated heterocycles. The molecule has 0 aromatic heterocycles. The Morgan fingerprint density at radius 3 is 3.00 bits per heavy atom. The van der Waals surface area contributed by atoms with Crippen molar-refractivity contribution in [2.75, 3.05) is 6.54 Å². The molecule has 0 bridgehead atoms. The second-order valence-corrected chi connectivity index (χ2v) is 3.73. The Labute approximate surface area is 82.9 Å². The lowest BCUT2D eigenvalue weighted by Gasteiger charge is -2.10. The van der Waals surface area contributed by atoms with Crippen molar-refractivity contribution in [1.29, 1.82) is 0 Å². The zero-order valence-corrected chi connectivity index (χ0v) is 8.21. The predicted molar refractivity (Wildman–Crippen MR) is 52.7 cm³/mol. The molecular formula is C10H12ClNO. The highest BCUT2D eigenvalue weighted by molar-refractivity contribution is 6.30. The average molecular weight is 198 g/mol. The fraction of sp³-hybridized carbons (Fsp3) is 0.400. The summed E-state index contributed by atoms with van der Waals surface area (Å²) in [5.74, 6) is 0. The number of rotatable bonds is 1. The van der Waals surface area contributed by atoms with Crippen molar-refractivity contribution in [3.63, 3.8) is 0 Å². The molecule has 0 radical (unpaired) electrons. The molecule has 0 saturated carbocycles. The molecule has 2 nitrogen and oxygen atoms in total. The standard InChI is InChI=1S/C10H12ClNO/c1-7-6-12-10(13-7)8-3-2-4-9(11)5-8/h2-5,7,10,12H,6H2,1H3. The highest BCUT2D eigenvalue weighted by Gasteiger charge is 2.22. The first-order valence-electron chi connectivity index (χ1n) is 4.40. The van der Waals surface area contributed by atoms with Crippen LogP contribution < -0.4 is 5.32 Å². The van der Waals surface area contributed by atoms with Gasteiger partial charge >= 0.3 is 0 Å². The number of nitrogens with one attached hydrogen (secondary N) is 1. The molecule has 13 heavy (non-hydrogen) atoms. The Bertz CT molecular complexity index is 303. The molecular weight excluding hydrogens is 186 g/mol. The van der Waals surface area contributed by atoms with Gasteiger partial charge in [-0.1, -0.05) is 23.7 Å². The second-order valence-electron chi connectivity index (χ2n) is 3.29. The van der Waals surface area contributed by atoms with Gasteiger partial charge < -0.3 is 4.74 Å². The number of benzene rings is 1.